The first-order valence-corrected chi connectivity index (χ1v) is 8.61. The van der Waals surface area contributed by atoms with Gasteiger partial charge in [0, 0.05) is 19.5 Å². The molecule has 7 heteroatoms. The van der Waals surface area contributed by atoms with Crippen LogP contribution in [0.3, 0.4) is 0 Å². The number of hydrogen-bond donors (Lipinski definition) is 1. The highest BCUT2D eigenvalue weighted by Gasteiger charge is 2.17. The van der Waals surface area contributed by atoms with E-state index in [1.165, 1.54) is 11.4 Å². The van der Waals surface area contributed by atoms with Crippen molar-refractivity contribution in [2.75, 3.05) is 31.8 Å². The zero-order chi connectivity index (χ0) is 15.9. The molecule has 0 aromatic heterocycles. The Bertz CT molecular complexity index is 572. The molecule has 0 saturated heterocycles. The summed E-state index contributed by atoms with van der Waals surface area (Å²) in [5.74, 6) is 0.323. The molecule has 1 aromatic rings. The lowest BCUT2D eigenvalue weighted by Crippen LogP contribution is -2.33. The van der Waals surface area contributed by atoms with Gasteiger partial charge in [0.15, 0.2) is 0 Å². The van der Waals surface area contributed by atoms with Crippen molar-refractivity contribution in [1.82, 2.24) is 4.31 Å². The van der Waals surface area contributed by atoms with Gasteiger partial charge in [0.1, 0.15) is 5.75 Å². The molecule has 0 spiro atoms. The van der Waals surface area contributed by atoms with Crippen LogP contribution in [0.1, 0.15) is 19.8 Å². The first kappa shape index (κ1) is 17.5. The standard InChI is InChI=1S/C14H22N2O4S/c1-4-10-16(21(3,18)19)11-9-14(17)15-12-7-5-6-8-13(12)20-2/h5-8H,4,9-11H2,1-3H3,(H,15,17). The van der Waals surface area contributed by atoms with Crippen molar-refractivity contribution in [3.8, 4) is 5.75 Å². The third kappa shape index (κ3) is 5.73. The number of hydrogen-bond acceptors (Lipinski definition) is 4. The Morgan fingerprint density at radius 1 is 1.29 bits per heavy atom. The predicted octanol–water partition coefficient (Wildman–Crippen LogP) is 1.70. The first-order chi connectivity index (χ1) is 9.88. The normalized spacial score (nSPS) is 11.4. The van der Waals surface area contributed by atoms with E-state index >= 15 is 0 Å². The second-order valence-corrected chi connectivity index (χ2v) is 6.64. The van der Waals surface area contributed by atoms with Gasteiger partial charge in [0.25, 0.3) is 0 Å². The Morgan fingerprint density at radius 3 is 2.52 bits per heavy atom. The van der Waals surface area contributed by atoms with E-state index in [4.69, 9.17) is 4.74 Å². The number of carbonyl (C=O) groups is 1. The molecule has 0 bridgehead atoms. The van der Waals surface area contributed by atoms with Gasteiger partial charge in [-0.1, -0.05) is 19.1 Å². The van der Waals surface area contributed by atoms with Crippen molar-refractivity contribution in [2.24, 2.45) is 0 Å². The van der Waals surface area contributed by atoms with Crippen molar-refractivity contribution in [3.63, 3.8) is 0 Å². The summed E-state index contributed by atoms with van der Waals surface area (Å²) in [6.45, 7) is 2.49. The summed E-state index contributed by atoms with van der Waals surface area (Å²) in [5.41, 5.74) is 0.575. The highest BCUT2D eigenvalue weighted by atomic mass is 32.2. The van der Waals surface area contributed by atoms with Gasteiger partial charge in [-0.05, 0) is 18.6 Å². The molecule has 1 amide bonds. The van der Waals surface area contributed by atoms with E-state index in [2.05, 4.69) is 5.32 Å². The number of nitrogens with zero attached hydrogens (tertiary/aromatic N) is 1. The molecular formula is C14H22N2O4S. The fraction of sp³-hybridized carbons (Fsp3) is 0.500. The van der Waals surface area contributed by atoms with Crippen LogP contribution in [0.25, 0.3) is 0 Å². The zero-order valence-corrected chi connectivity index (χ0v) is 13.4. The molecular weight excluding hydrogens is 292 g/mol. The summed E-state index contributed by atoms with van der Waals surface area (Å²) in [4.78, 5) is 11.9. The smallest absolute Gasteiger partial charge is 0.225 e. The van der Waals surface area contributed by atoms with Crippen LogP contribution in [0, 0.1) is 0 Å². The minimum Gasteiger partial charge on any atom is -0.495 e. The summed E-state index contributed by atoms with van der Waals surface area (Å²) in [7, 11) is -1.75. The minimum atomic E-state index is -3.28. The highest BCUT2D eigenvalue weighted by Crippen LogP contribution is 2.23. The summed E-state index contributed by atoms with van der Waals surface area (Å²) < 4.78 is 29.6. The molecule has 1 rings (SSSR count). The molecule has 0 atom stereocenters. The quantitative estimate of drug-likeness (QED) is 0.792. The lowest BCUT2D eigenvalue weighted by atomic mass is 10.2. The first-order valence-electron chi connectivity index (χ1n) is 6.76. The van der Waals surface area contributed by atoms with Crippen LogP contribution in [0.2, 0.25) is 0 Å². The summed E-state index contributed by atoms with van der Waals surface area (Å²) in [5, 5.41) is 2.72. The topological polar surface area (TPSA) is 75.7 Å². The van der Waals surface area contributed by atoms with Gasteiger partial charge < -0.3 is 10.1 Å². The molecule has 1 N–H and O–H groups in total. The number of ether oxygens (including phenoxy) is 1. The Balaban J connectivity index is 2.61. The fourth-order valence-electron chi connectivity index (χ4n) is 1.88. The molecule has 0 heterocycles. The fourth-order valence-corrected chi connectivity index (χ4v) is 2.82. The number of nitrogens with one attached hydrogen (secondary N) is 1. The van der Waals surface area contributed by atoms with E-state index < -0.39 is 10.0 Å². The molecule has 0 aliphatic carbocycles. The number of para-hydroxylation sites is 2. The highest BCUT2D eigenvalue weighted by molar-refractivity contribution is 7.88. The lowest BCUT2D eigenvalue weighted by molar-refractivity contribution is -0.116. The number of rotatable bonds is 8. The molecule has 6 nitrogen and oxygen atoms in total. The van der Waals surface area contributed by atoms with Gasteiger partial charge in [0.05, 0.1) is 19.1 Å². The number of anilines is 1. The monoisotopic (exact) mass is 314 g/mol. The average Bonchev–Trinajstić information content (AvgIpc) is 2.42. The molecule has 118 valence electrons. The second-order valence-electron chi connectivity index (χ2n) is 4.66. The molecule has 1 aromatic carbocycles. The van der Waals surface area contributed by atoms with Crippen LogP contribution in [-0.4, -0.2) is 45.1 Å². The Hall–Kier alpha value is -1.60. The molecule has 21 heavy (non-hydrogen) atoms. The van der Waals surface area contributed by atoms with Crippen LogP contribution in [0.5, 0.6) is 5.75 Å². The van der Waals surface area contributed by atoms with E-state index in [1.54, 1.807) is 24.3 Å². The number of carbonyl (C=O) groups excluding carboxylic acids is 1. The Kier molecular flexibility index (Phi) is 6.64. The summed E-state index contributed by atoms with van der Waals surface area (Å²) in [6.07, 6.45) is 1.97. The largest absolute Gasteiger partial charge is 0.495 e. The van der Waals surface area contributed by atoms with Gasteiger partial charge >= 0.3 is 0 Å². The van der Waals surface area contributed by atoms with E-state index in [1.807, 2.05) is 6.92 Å². The van der Waals surface area contributed by atoms with Crippen LogP contribution in [0.4, 0.5) is 5.69 Å². The maximum atomic E-state index is 11.9. The summed E-state index contributed by atoms with van der Waals surface area (Å²) >= 11 is 0. The predicted molar refractivity (Wildman–Crippen MR) is 82.9 cm³/mol. The second kappa shape index (κ2) is 7.99. The van der Waals surface area contributed by atoms with E-state index in [9.17, 15) is 13.2 Å². The van der Waals surface area contributed by atoms with Crippen LogP contribution in [-0.2, 0) is 14.8 Å². The maximum Gasteiger partial charge on any atom is 0.225 e. The number of sulfonamides is 1. The van der Waals surface area contributed by atoms with Gasteiger partial charge in [-0.3, -0.25) is 4.79 Å². The van der Waals surface area contributed by atoms with Crippen LogP contribution < -0.4 is 10.1 Å². The number of amides is 1. The van der Waals surface area contributed by atoms with Gasteiger partial charge in [-0.2, -0.15) is 0 Å². The number of methoxy groups -OCH3 is 1. The van der Waals surface area contributed by atoms with Gasteiger partial charge in [-0.15, -0.1) is 0 Å². The average molecular weight is 314 g/mol. The molecule has 0 radical (unpaired) electrons. The van der Waals surface area contributed by atoms with Crippen molar-refractivity contribution in [2.45, 2.75) is 19.8 Å². The van der Waals surface area contributed by atoms with Crippen LogP contribution in [0.15, 0.2) is 24.3 Å². The Labute approximate surface area is 126 Å². The van der Waals surface area contributed by atoms with Crippen molar-refractivity contribution in [3.05, 3.63) is 24.3 Å². The molecule has 0 aliphatic rings. The van der Waals surface area contributed by atoms with Crippen molar-refractivity contribution in [1.29, 1.82) is 0 Å². The Morgan fingerprint density at radius 2 is 1.95 bits per heavy atom. The third-order valence-corrected chi connectivity index (χ3v) is 4.21. The van der Waals surface area contributed by atoms with E-state index in [0.29, 0.717) is 24.4 Å². The lowest BCUT2D eigenvalue weighted by Gasteiger charge is -2.18. The molecule has 0 unspecified atom stereocenters. The SMILES string of the molecule is CCCN(CCC(=O)Nc1ccccc1OC)S(C)(=O)=O. The van der Waals surface area contributed by atoms with Crippen molar-refractivity contribution >= 4 is 21.6 Å². The third-order valence-electron chi connectivity index (χ3n) is 2.91. The minimum absolute atomic E-state index is 0.102. The zero-order valence-electron chi connectivity index (χ0n) is 12.6. The molecule has 0 fully saturated rings. The number of benzene rings is 1. The van der Waals surface area contributed by atoms with E-state index in [-0.39, 0.29) is 18.9 Å². The van der Waals surface area contributed by atoms with Gasteiger partial charge in [-0.25, -0.2) is 12.7 Å². The molecule has 0 saturated carbocycles. The van der Waals surface area contributed by atoms with E-state index in [0.717, 1.165) is 6.26 Å². The van der Waals surface area contributed by atoms with Gasteiger partial charge in [0.2, 0.25) is 15.9 Å². The van der Waals surface area contributed by atoms with Crippen molar-refractivity contribution < 1.29 is 17.9 Å². The molecule has 0 aliphatic heterocycles. The maximum absolute atomic E-state index is 11.9. The van der Waals surface area contributed by atoms with Crippen LogP contribution >= 0.6 is 0 Å². The summed E-state index contributed by atoms with van der Waals surface area (Å²) in [6, 6.07) is 7.08.